The monoisotopic (exact) mass is 167 g/mol. The SMILES string of the molecule is CC1COC(c2ccoc2)CN1. The summed E-state index contributed by atoms with van der Waals surface area (Å²) in [6.07, 6.45) is 3.58. The maximum absolute atomic E-state index is 5.61. The summed E-state index contributed by atoms with van der Waals surface area (Å²) in [7, 11) is 0. The molecular weight excluding hydrogens is 154 g/mol. The van der Waals surface area contributed by atoms with Crippen LogP contribution in [-0.4, -0.2) is 19.2 Å². The van der Waals surface area contributed by atoms with Gasteiger partial charge in [-0.15, -0.1) is 0 Å². The van der Waals surface area contributed by atoms with E-state index in [4.69, 9.17) is 9.15 Å². The summed E-state index contributed by atoms with van der Waals surface area (Å²) in [5, 5.41) is 3.35. The minimum absolute atomic E-state index is 0.167. The van der Waals surface area contributed by atoms with Gasteiger partial charge in [0.15, 0.2) is 0 Å². The standard InChI is InChI=1S/C9H13NO2/c1-7-5-12-9(4-10-7)8-2-3-11-6-8/h2-3,6-7,9-10H,4-5H2,1H3. The van der Waals surface area contributed by atoms with Crippen LogP contribution in [0.4, 0.5) is 0 Å². The highest BCUT2D eigenvalue weighted by Gasteiger charge is 2.19. The molecule has 1 aromatic rings. The van der Waals surface area contributed by atoms with E-state index in [-0.39, 0.29) is 6.10 Å². The normalized spacial score (nSPS) is 30.4. The van der Waals surface area contributed by atoms with Crippen molar-refractivity contribution in [2.45, 2.75) is 19.1 Å². The Morgan fingerprint density at radius 3 is 3.08 bits per heavy atom. The Morgan fingerprint density at radius 2 is 2.50 bits per heavy atom. The predicted octanol–water partition coefficient (Wildman–Crippen LogP) is 1.33. The van der Waals surface area contributed by atoms with E-state index in [1.54, 1.807) is 12.5 Å². The molecule has 2 rings (SSSR count). The summed E-state index contributed by atoms with van der Waals surface area (Å²) in [5.41, 5.74) is 1.12. The maximum Gasteiger partial charge on any atom is 0.0980 e. The van der Waals surface area contributed by atoms with Crippen molar-refractivity contribution in [3.05, 3.63) is 24.2 Å². The second kappa shape index (κ2) is 3.29. The van der Waals surface area contributed by atoms with Crippen LogP contribution in [0.3, 0.4) is 0 Å². The molecule has 0 radical (unpaired) electrons. The van der Waals surface area contributed by atoms with Gasteiger partial charge in [0.1, 0.15) is 0 Å². The predicted molar refractivity (Wildman–Crippen MR) is 44.9 cm³/mol. The average Bonchev–Trinajstić information content (AvgIpc) is 2.58. The molecule has 66 valence electrons. The van der Waals surface area contributed by atoms with Gasteiger partial charge in [0.05, 0.1) is 25.2 Å². The van der Waals surface area contributed by atoms with Crippen molar-refractivity contribution >= 4 is 0 Å². The van der Waals surface area contributed by atoms with Gasteiger partial charge in [-0.3, -0.25) is 0 Å². The van der Waals surface area contributed by atoms with E-state index in [1.807, 2.05) is 6.07 Å². The first-order valence-electron chi connectivity index (χ1n) is 4.23. The van der Waals surface area contributed by atoms with Crippen molar-refractivity contribution in [3.63, 3.8) is 0 Å². The van der Waals surface area contributed by atoms with Gasteiger partial charge in [0.25, 0.3) is 0 Å². The molecule has 0 spiro atoms. The third-order valence-electron chi connectivity index (χ3n) is 2.11. The molecule has 1 fully saturated rings. The van der Waals surface area contributed by atoms with Gasteiger partial charge in [-0.25, -0.2) is 0 Å². The fraction of sp³-hybridized carbons (Fsp3) is 0.556. The molecular formula is C9H13NO2. The molecule has 1 aliphatic heterocycles. The molecule has 2 atom stereocenters. The lowest BCUT2D eigenvalue weighted by Gasteiger charge is -2.27. The minimum Gasteiger partial charge on any atom is -0.472 e. The van der Waals surface area contributed by atoms with Crippen LogP contribution in [0.15, 0.2) is 23.0 Å². The highest BCUT2D eigenvalue weighted by Crippen LogP contribution is 2.19. The highest BCUT2D eigenvalue weighted by molar-refractivity contribution is 5.10. The molecule has 3 nitrogen and oxygen atoms in total. The second-order valence-electron chi connectivity index (χ2n) is 3.19. The number of rotatable bonds is 1. The Kier molecular flexibility index (Phi) is 2.15. The molecule has 1 aromatic heterocycles. The van der Waals surface area contributed by atoms with Gasteiger partial charge in [-0.05, 0) is 13.0 Å². The molecule has 0 saturated carbocycles. The maximum atomic E-state index is 5.61. The largest absolute Gasteiger partial charge is 0.472 e. The van der Waals surface area contributed by atoms with Crippen molar-refractivity contribution in [3.8, 4) is 0 Å². The second-order valence-corrected chi connectivity index (χ2v) is 3.19. The molecule has 1 N–H and O–H groups in total. The van der Waals surface area contributed by atoms with Crippen LogP contribution < -0.4 is 5.32 Å². The Hall–Kier alpha value is -0.800. The summed E-state index contributed by atoms with van der Waals surface area (Å²) in [5.74, 6) is 0. The zero-order valence-electron chi connectivity index (χ0n) is 7.12. The number of morpholine rings is 1. The highest BCUT2D eigenvalue weighted by atomic mass is 16.5. The van der Waals surface area contributed by atoms with Gasteiger partial charge in [0.2, 0.25) is 0 Å². The molecule has 0 bridgehead atoms. The average molecular weight is 167 g/mol. The molecule has 2 heterocycles. The first-order valence-corrected chi connectivity index (χ1v) is 4.23. The lowest BCUT2D eigenvalue weighted by molar-refractivity contribution is 0.00665. The van der Waals surface area contributed by atoms with Crippen molar-refractivity contribution in [2.24, 2.45) is 0 Å². The van der Waals surface area contributed by atoms with Crippen LogP contribution in [0, 0.1) is 0 Å². The third-order valence-corrected chi connectivity index (χ3v) is 2.11. The summed E-state index contributed by atoms with van der Waals surface area (Å²) in [6.45, 7) is 3.77. The summed E-state index contributed by atoms with van der Waals surface area (Å²) in [4.78, 5) is 0. The third kappa shape index (κ3) is 1.52. The Labute approximate surface area is 71.7 Å². The number of ether oxygens (including phenoxy) is 1. The van der Waals surface area contributed by atoms with Gasteiger partial charge < -0.3 is 14.5 Å². The van der Waals surface area contributed by atoms with Crippen molar-refractivity contribution in [2.75, 3.05) is 13.2 Å². The van der Waals surface area contributed by atoms with Gasteiger partial charge in [-0.2, -0.15) is 0 Å². The summed E-state index contributed by atoms with van der Waals surface area (Å²) in [6, 6.07) is 2.41. The number of furan rings is 1. The zero-order chi connectivity index (χ0) is 8.39. The fourth-order valence-electron chi connectivity index (χ4n) is 1.36. The quantitative estimate of drug-likeness (QED) is 0.685. The molecule has 1 aliphatic rings. The van der Waals surface area contributed by atoms with E-state index in [9.17, 15) is 0 Å². The first kappa shape index (κ1) is 7.83. The Morgan fingerprint density at radius 1 is 1.58 bits per heavy atom. The molecule has 0 aromatic carbocycles. The van der Waals surface area contributed by atoms with Crippen molar-refractivity contribution in [1.29, 1.82) is 0 Å². The van der Waals surface area contributed by atoms with Crippen LogP contribution in [0.1, 0.15) is 18.6 Å². The van der Waals surface area contributed by atoms with E-state index in [0.717, 1.165) is 18.7 Å². The molecule has 1 saturated heterocycles. The molecule has 0 aliphatic carbocycles. The van der Waals surface area contributed by atoms with E-state index in [2.05, 4.69) is 12.2 Å². The molecule has 12 heavy (non-hydrogen) atoms. The smallest absolute Gasteiger partial charge is 0.0980 e. The number of hydrogen-bond acceptors (Lipinski definition) is 3. The van der Waals surface area contributed by atoms with Crippen LogP contribution >= 0.6 is 0 Å². The Bertz CT molecular complexity index is 225. The topological polar surface area (TPSA) is 34.4 Å². The summed E-state index contributed by atoms with van der Waals surface area (Å²) >= 11 is 0. The molecule has 3 heteroatoms. The van der Waals surface area contributed by atoms with E-state index in [0.29, 0.717) is 6.04 Å². The molecule has 0 amide bonds. The van der Waals surface area contributed by atoms with E-state index >= 15 is 0 Å². The van der Waals surface area contributed by atoms with Crippen LogP contribution in [0.25, 0.3) is 0 Å². The molecule has 2 unspecified atom stereocenters. The van der Waals surface area contributed by atoms with Crippen LogP contribution in [-0.2, 0) is 4.74 Å². The van der Waals surface area contributed by atoms with Crippen LogP contribution in [0.2, 0.25) is 0 Å². The van der Waals surface area contributed by atoms with Gasteiger partial charge in [-0.1, -0.05) is 0 Å². The van der Waals surface area contributed by atoms with Gasteiger partial charge in [0, 0.05) is 18.2 Å². The Balaban J connectivity index is 1.99. The lowest BCUT2D eigenvalue weighted by Crippen LogP contribution is -2.40. The zero-order valence-corrected chi connectivity index (χ0v) is 7.12. The van der Waals surface area contributed by atoms with E-state index < -0.39 is 0 Å². The number of hydrogen-bond donors (Lipinski definition) is 1. The lowest BCUT2D eigenvalue weighted by atomic mass is 10.1. The first-order chi connectivity index (χ1) is 5.86. The van der Waals surface area contributed by atoms with Crippen molar-refractivity contribution in [1.82, 2.24) is 5.32 Å². The van der Waals surface area contributed by atoms with Gasteiger partial charge >= 0.3 is 0 Å². The minimum atomic E-state index is 0.167. The van der Waals surface area contributed by atoms with Crippen LogP contribution in [0.5, 0.6) is 0 Å². The summed E-state index contributed by atoms with van der Waals surface area (Å²) < 4.78 is 10.6. The number of nitrogens with one attached hydrogen (secondary N) is 1. The van der Waals surface area contributed by atoms with E-state index in [1.165, 1.54) is 0 Å². The van der Waals surface area contributed by atoms with Crippen molar-refractivity contribution < 1.29 is 9.15 Å². The fourth-order valence-corrected chi connectivity index (χ4v) is 1.36.